The first-order chi connectivity index (χ1) is 12.2. The van der Waals surface area contributed by atoms with Gasteiger partial charge in [0.1, 0.15) is 0 Å². The van der Waals surface area contributed by atoms with Crippen LogP contribution in [-0.4, -0.2) is 44.9 Å². The summed E-state index contributed by atoms with van der Waals surface area (Å²) in [5.41, 5.74) is 2.87. The molecule has 0 aliphatic carbocycles. The summed E-state index contributed by atoms with van der Waals surface area (Å²) in [6.07, 6.45) is 4.56. The van der Waals surface area contributed by atoms with Gasteiger partial charge in [0.15, 0.2) is 0 Å². The van der Waals surface area contributed by atoms with Crippen LogP contribution in [0.5, 0.6) is 0 Å². The zero-order valence-electron chi connectivity index (χ0n) is 14.6. The van der Waals surface area contributed by atoms with Crippen molar-refractivity contribution in [3.8, 4) is 0 Å². The number of carbonyl (C=O) groups is 1. The fourth-order valence-electron chi connectivity index (χ4n) is 3.70. The van der Waals surface area contributed by atoms with E-state index in [1.165, 1.54) is 0 Å². The third kappa shape index (κ3) is 2.72. The molecule has 0 unspecified atom stereocenters. The molecule has 0 N–H and O–H groups in total. The Morgan fingerprint density at radius 2 is 2.16 bits per heavy atom. The lowest BCUT2D eigenvalue weighted by Gasteiger charge is -2.29. The van der Waals surface area contributed by atoms with Crippen LogP contribution in [0.25, 0.3) is 10.9 Å². The van der Waals surface area contributed by atoms with Crippen molar-refractivity contribution in [1.82, 2.24) is 19.2 Å². The highest BCUT2D eigenvalue weighted by molar-refractivity contribution is 6.07. The molecule has 1 aliphatic rings. The minimum absolute atomic E-state index is 0.0400. The number of methoxy groups -OCH3 is 1. The van der Waals surface area contributed by atoms with E-state index < -0.39 is 0 Å². The summed E-state index contributed by atoms with van der Waals surface area (Å²) in [5, 5.41) is 5.36. The molecular formula is C19H22N4O2. The highest BCUT2D eigenvalue weighted by atomic mass is 16.5. The standard InChI is InChI=1S/C19H22N4O2/c1-21-12-17(16-5-3-4-6-18(16)21)19(24)22-11-14-7-9-20-23(14)10-8-15(22)13-25-2/h3-7,9,12,15H,8,10-11,13H2,1-2H3/t15-/m0/s1. The van der Waals surface area contributed by atoms with Crippen LogP contribution in [0.2, 0.25) is 0 Å². The second kappa shape index (κ2) is 6.37. The van der Waals surface area contributed by atoms with Crippen LogP contribution in [0.4, 0.5) is 0 Å². The quantitative estimate of drug-likeness (QED) is 0.737. The first kappa shape index (κ1) is 15.9. The van der Waals surface area contributed by atoms with E-state index in [4.69, 9.17) is 4.74 Å². The number of rotatable bonds is 3. The van der Waals surface area contributed by atoms with Gasteiger partial charge in [-0.3, -0.25) is 9.48 Å². The Morgan fingerprint density at radius 1 is 1.32 bits per heavy atom. The van der Waals surface area contributed by atoms with Gasteiger partial charge in [-0.05, 0) is 18.6 Å². The molecule has 3 heterocycles. The maximum Gasteiger partial charge on any atom is 0.256 e. The van der Waals surface area contributed by atoms with Gasteiger partial charge in [-0.1, -0.05) is 18.2 Å². The van der Waals surface area contributed by atoms with Crippen LogP contribution in [0, 0.1) is 0 Å². The number of hydrogen-bond donors (Lipinski definition) is 0. The Hall–Kier alpha value is -2.60. The Morgan fingerprint density at radius 3 is 3.00 bits per heavy atom. The van der Waals surface area contributed by atoms with E-state index in [2.05, 4.69) is 5.10 Å². The molecule has 3 aromatic rings. The Balaban J connectivity index is 1.75. The van der Waals surface area contributed by atoms with Gasteiger partial charge in [-0.15, -0.1) is 0 Å². The molecule has 0 saturated carbocycles. The molecule has 2 aromatic heterocycles. The fraction of sp³-hybridized carbons (Fsp3) is 0.368. The van der Waals surface area contributed by atoms with E-state index in [0.29, 0.717) is 13.2 Å². The first-order valence-corrected chi connectivity index (χ1v) is 8.53. The maximum atomic E-state index is 13.4. The molecule has 4 rings (SSSR count). The predicted octanol–water partition coefficient (Wildman–Crippen LogP) is 2.44. The smallest absolute Gasteiger partial charge is 0.256 e. The molecular weight excluding hydrogens is 316 g/mol. The topological polar surface area (TPSA) is 52.3 Å². The lowest BCUT2D eigenvalue weighted by atomic mass is 10.1. The van der Waals surface area contributed by atoms with E-state index >= 15 is 0 Å². The number of fused-ring (bicyclic) bond motifs is 2. The minimum Gasteiger partial charge on any atom is -0.383 e. The highest BCUT2D eigenvalue weighted by Crippen LogP contribution is 2.25. The first-order valence-electron chi connectivity index (χ1n) is 8.53. The average Bonchev–Trinajstić information content (AvgIpc) is 3.16. The molecule has 6 heteroatoms. The summed E-state index contributed by atoms with van der Waals surface area (Å²) in [6, 6.07) is 10.0. The summed E-state index contributed by atoms with van der Waals surface area (Å²) in [7, 11) is 3.66. The average molecular weight is 338 g/mol. The lowest BCUT2D eigenvalue weighted by Crippen LogP contribution is -2.41. The summed E-state index contributed by atoms with van der Waals surface area (Å²) >= 11 is 0. The van der Waals surface area contributed by atoms with E-state index in [0.717, 1.165) is 35.1 Å². The van der Waals surface area contributed by atoms with Crippen molar-refractivity contribution in [2.24, 2.45) is 7.05 Å². The van der Waals surface area contributed by atoms with E-state index in [1.807, 2.05) is 57.7 Å². The summed E-state index contributed by atoms with van der Waals surface area (Å²) in [4.78, 5) is 15.4. The largest absolute Gasteiger partial charge is 0.383 e. The normalized spacial score (nSPS) is 17.5. The van der Waals surface area contributed by atoms with Gasteiger partial charge in [-0.25, -0.2) is 0 Å². The van der Waals surface area contributed by atoms with Crippen LogP contribution < -0.4 is 0 Å². The molecule has 0 spiro atoms. The van der Waals surface area contributed by atoms with Crippen molar-refractivity contribution in [2.45, 2.75) is 25.6 Å². The van der Waals surface area contributed by atoms with E-state index in [-0.39, 0.29) is 11.9 Å². The van der Waals surface area contributed by atoms with Gasteiger partial charge in [0.05, 0.1) is 30.5 Å². The van der Waals surface area contributed by atoms with Gasteiger partial charge in [0.2, 0.25) is 0 Å². The summed E-state index contributed by atoms with van der Waals surface area (Å²) in [5.74, 6) is 0.0495. The number of nitrogens with zero attached hydrogens (tertiary/aromatic N) is 4. The summed E-state index contributed by atoms with van der Waals surface area (Å²) < 4.78 is 9.39. The van der Waals surface area contributed by atoms with E-state index in [9.17, 15) is 4.79 Å². The van der Waals surface area contributed by atoms with Gasteiger partial charge in [-0.2, -0.15) is 5.10 Å². The molecule has 1 aliphatic heterocycles. The Kier molecular flexibility index (Phi) is 4.05. The van der Waals surface area contributed by atoms with Crippen LogP contribution >= 0.6 is 0 Å². The molecule has 1 aromatic carbocycles. The fourth-order valence-corrected chi connectivity index (χ4v) is 3.70. The third-order valence-electron chi connectivity index (χ3n) is 5.00. The number of hydrogen-bond acceptors (Lipinski definition) is 3. The minimum atomic E-state index is 0.0400. The highest BCUT2D eigenvalue weighted by Gasteiger charge is 2.30. The van der Waals surface area contributed by atoms with Crippen LogP contribution in [0.1, 0.15) is 22.5 Å². The number of amides is 1. The molecule has 130 valence electrons. The number of aryl methyl sites for hydroxylation is 2. The van der Waals surface area contributed by atoms with Gasteiger partial charge < -0.3 is 14.2 Å². The molecule has 0 saturated heterocycles. The van der Waals surface area contributed by atoms with Crippen molar-refractivity contribution in [3.63, 3.8) is 0 Å². The molecule has 1 amide bonds. The number of para-hydroxylation sites is 1. The van der Waals surface area contributed by atoms with E-state index in [1.54, 1.807) is 13.3 Å². The number of benzene rings is 1. The van der Waals surface area contributed by atoms with Gasteiger partial charge >= 0.3 is 0 Å². The molecule has 0 bridgehead atoms. The zero-order chi connectivity index (χ0) is 17.4. The number of aromatic nitrogens is 3. The van der Waals surface area contributed by atoms with Gasteiger partial charge in [0, 0.05) is 44.0 Å². The van der Waals surface area contributed by atoms with Crippen LogP contribution in [0.3, 0.4) is 0 Å². The van der Waals surface area contributed by atoms with Crippen molar-refractivity contribution in [3.05, 3.63) is 54.0 Å². The SMILES string of the molecule is COC[C@@H]1CCn2nccc2CN1C(=O)c1cn(C)c2ccccc12. The van der Waals surface area contributed by atoms with Crippen molar-refractivity contribution in [1.29, 1.82) is 0 Å². The third-order valence-corrected chi connectivity index (χ3v) is 5.00. The number of carbonyl (C=O) groups excluding carboxylic acids is 1. The second-order valence-electron chi connectivity index (χ2n) is 6.55. The number of ether oxygens (including phenoxy) is 1. The lowest BCUT2D eigenvalue weighted by molar-refractivity contribution is 0.0504. The molecule has 0 radical (unpaired) electrons. The van der Waals surface area contributed by atoms with Crippen molar-refractivity contribution < 1.29 is 9.53 Å². The van der Waals surface area contributed by atoms with Crippen LogP contribution in [-0.2, 0) is 24.9 Å². The second-order valence-corrected chi connectivity index (χ2v) is 6.55. The van der Waals surface area contributed by atoms with Crippen molar-refractivity contribution in [2.75, 3.05) is 13.7 Å². The molecule has 1 atom stereocenters. The van der Waals surface area contributed by atoms with Gasteiger partial charge in [0.25, 0.3) is 5.91 Å². The van der Waals surface area contributed by atoms with Crippen LogP contribution in [0.15, 0.2) is 42.7 Å². The Bertz CT molecular complexity index is 911. The Labute approximate surface area is 146 Å². The predicted molar refractivity (Wildman–Crippen MR) is 95.3 cm³/mol. The van der Waals surface area contributed by atoms with Crippen molar-refractivity contribution >= 4 is 16.8 Å². The molecule has 6 nitrogen and oxygen atoms in total. The zero-order valence-corrected chi connectivity index (χ0v) is 14.6. The summed E-state index contributed by atoms with van der Waals surface area (Å²) in [6.45, 7) is 1.88. The molecule has 0 fully saturated rings. The molecule has 25 heavy (non-hydrogen) atoms. The maximum absolute atomic E-state index is 13.4. The monoisotopic (exact) mass is 338 g/mol.